The Bertz CT molecular complexity index is 630. The van der Waals surface area contributed by atoms with Crippen LogP contribution in [0.1, 0.15) is 22.3 Å². The molecule has 3 nitrogen and oxygen atoms in total. The minimum atomic E-state index is -0.743. The third-order valence-corrected chi connectivity index (χ3v) is 4.17. The monoisotopic (exact) mass is 309 g/mol. The Morgan fingerprint density at radius 2 is 2.30 bits per heavy atom. The van der Waals surface area contributed by atoms with Crippen LogP contribution in [-0.2, 0) is 6.54 Å². The van der Waals surface area contributed by atoms with Gasteiger partial charge in [0.1, 0.15) is 16.9 Å². The molecule has 0 N–H and O–H groups in total. The number of aromatic nitrogens is 1. The molecule has 1 heterocycles. The summed E-state index contributed by atoms with van der Waals surface area (Å²) in [6.07, 6.45) is 0. The van der Waals surface area contributed by atoms with Gasteiger partial charge in [-0.15, -0.1) is 11.3 Å². The van der Waals surface area contributed by atoms with Gasteiger partial charge in [-0.05, 0) is 26.1 Å². The van der Waals surface area contributed by atoms with Crippen molar-refractivity contribution in [3.05, 3.63) is 50.7 Å². The highest BCUT2D eigenvalue weighted by Gasteiger charge is 2.23. The van der Waals surface area contributed by atoms with E-state index in [4.69, 9.17) is 11.6 Å². The van der Waals surface area contributed by atoms with Crippen LogP contribution in [-0.4, -0.2) is 16.9 Å². The van der Waals surface area contributed by atoms with Crippen LogP contribution in [0.3, 0.4) is 0 Å². The molecule has 0 spiro atoms. The molecule has 0 amide bonds. The largest absolute Gasteiger partial charge is 0.281 e. The lowest BCUT2D eigenvalue weighted by molar-refractivity contribution is 0.277. The van der Waals surface area contributed by atoms with Crippen LogP contribution < -0.4 is 0 Å². The maximum Gasteiger partial charge on any atom is 0.130 e. The van der Waals surface area contributed by atoms with Gasteiger partial charge in [-0.1, -0.05) is 17.7 Å². The standard InChI is InChI=1S/C14H13ClFN3S/c1-9-8-20-13(18-9)7-19(2)12(6-17)14-10(15)4-3-5-11(14)16/h3-5,8,12H,7H2,1-2H3. The third-order valence-electron chi connectivity index (χ3n) is 2.89. The van der Waals surface area contributed by atoms with Gasteiger partial charge in [-0.25, -0.2) is 9.37 Å². The zero-order valence-electron chi connectivity index (χ0n) is 11.1. The van der Waals surface area contributed by atoms with Gasteiger partial charge >= 0.3 is 0 Å². The van der Waals surface area contributed by atoms with Crippen molar-refractivity contribution in [2.24, 2.45) is 0 Å². The molecule has 2 rings (SSSR count). The summed E-state index contributed by atoms with van der Waals surface area (Å²) in [5.41, 5.74) is 1.16. The Balaban J connectivity index is 2.26. The lowest BCUT2D eigenvalue weighted by atomic mass is 10.1. The van der Waals surface area contributed by atoms with E-state index >= 15 is 0 Å². The van der Waals surface area contributed by atoms with Crippen LogP contribution in [0.15, 0.2) is 23.6 Å². The summed E-state index contributed by atoms with van der Waals surface area (Å²) in [6, 6.07) is 5.79. The van der Waals surface area contributed by atoms with E-state index in [1.165, 1.54) is 23.5 Å². The lowest BCUT2D eigenvalue weighted by Gasteiger charge is -2.22. The number of nitrogens with zero attached hydrogens (tertiary/aromatic N) is 3. The van der Waals surface area contributed by atoms with E-state index in [0.717, 1.165) is 10.7 Å². The Hall–Kier alpha value is -1.48. The summed E-state index contributed by atoms with van der Waals surface area (Å²) >= 11 is 7.54. The number of thiazole rings is 1. The summed E-state index contributed by atoms with van der Waals surface area (Å²) in [5, 5.41) is 12.4. The van der Waals surface area contributed by atoms with Crippen molar-refractivity contribution in [3.63, 3.8) is 0 Å². The Morgan fingerprint density at radius 3 is 2.85 bits per heavy atom. The molecule has 2 aromatic rings. The molecule has 1 aromatic carbocycles. The lowest BCUT2D eigenvalue weighted by Crippen LogP contribution is -2.24. The summed E-state index contributed by atoms with van der Waals surface area (Å²) in [4.78, 5) is 6.09. The van der Waals surface area contributed by atoms with E-state index < -0.39 is 11.9 Å². The van der Waals surface area contributed by atoms with Crippen LogP contribution in [0.5, 0.6) is 0 Å². The fraction of sp³-hybridized carbons (Fsp3) is 0.286. The zero-order chi connectivity index (χ0) is 14.7. The second-order valence-electron chi connectivity index (χ2n) is 4.46. The van der Waals surface area contributed by atoms with Gasteiger partial charge in [0.15, 0.2) is 0 Å². The number of hydrogen-bond donors (Lipinski definition) is 0. The summed E-state index contributed by atoms with van der Waals surface area (Å²) in [6.45, 7) is 2.39. The SMILES string of the molecule is Cc1csc(CN(C)C(C#N)c2c(F)cccc2Cl)n1. The molecule has 20 heavy (non-hydrogen) atoms. The van der Waals surface area contributed by atoms with E-state index in [1.807, 2.05) is 12.3 Å². The molecule has 0 saturated heterocycles. The predicted octanol–water partition coefficient (Wildman–Crippen LogP) is 3.94. The third kappa shape index (κ3) is 3.15. The molecule has 0 saturated carbocycles. The molecule has 1 atom stereocenters. The maximum atomic E-state index is 13.9. The molecule has 1 aromatic heterocycles. The van der Waals surface area contributed by atoms with Gasteiger partial charge in [0.25, 0.3) is 0 Å². The minimum absolute atomic E-state index is 0.215. The molecule has 1 unspecified atom stereocenters. The van der Waals surface area contributed by atoms with E-state index in [9.17, 15) is 9.65 Å². The van der Waals surface area contributed by atoms with Gasteiger partial charge in [-0.2, -0.15) is 5.26 Å². The molecule has 0 bridgehead atoms. The Kier molecular flexibility index (Phi) is 4.71. The van der Waals surface area contributed by atoms with Gasteiger partial charge in [-0.3, -0.25) is 4.90 Å². The Morgan fingerprint density at radius 1 is 1.55 bits per heavy atom. The smallest absolute Gasteiger partial charge is 0.130 e. The van der Waals surface area contributed by atoms with Gasteiger partial charge in [0, 0.05) is 21.7 Å². The molecular weight excluding hydrogens is 297 g/mol. The van der Waals surface area contributed by atoms with E-state index in [2.05, 4.69) is 11.1 Å². The van der Waals surface area contributed by atoms with E-state index in [1.54, 1.807) is 18.0 Å². The fourth-order valence-corrected chi connectivity index (χ4v) is 3.04. The number of nitriles is 1. The molecule has 0 aliphatic carbocycles. The molecule has 104 valence electrons. The summed E-state index contributed by atoms with van der Waals surface area (Å²) in [7, 11) is 1.76. The highest BCUT2D eigenvalue weighted by molar-refractivity contribution is 7.09. The number of rotatable bonds is 4. The van der Waals surface area contributed by atoms with E-state index in [-0.39, 0.29) is 10.6 Å². The second kappa shape index (κ2) is 6.31. The number of hydrogen-bond acceptors (Lipinski definition) is 4. The topological polar surface area (TPSA) is 39.9 Å². The average Bonchev–Trinajstić information content (AvgIpc) is 2.79. The molecule has 0 radical (unpaired) electrons. The first kappa shape index (κ1) is 14.9. The molecule has 0 fully saturated rings. The van der Waals surface area contributed by atoms with Gasteiger partial charge in [0.05, 0.1) is 12.6 Å². The van der Waals surface area contributed by atoms with Crippen LogP contribution in [0.4, 0.5) is 4.39 Å². The molecule has 0 aliphatic heterocycles. The zero-order valence-corrected chi connectivity index (χ0v) is 12.7. The van der Waals surface area contributed by atoms with Gasteiger partial charge < -0.3 is 0 Å². The number of halogens is 2. The minimum Gasteiger partial charge on any atom is -0.281 e. The van der Waals surface area contributed by atoms with Crippen molar-refractivity contribution in [2.75, 3.05) is 7.05 Å². The highest BCUT2D eigenvalue weighted by atomic mass is 35.5. The van der Waals surface area contributed by atoms with Crippen molar-refractivity contribution in [2.45, 2.75) is 19.5 Å². The first-order chi connectivity index (χ1) is 9.52. The van der Waals surface area contributed by atoms with Crippen LogP contribution >= 0.6 is 22.9 Å². The van der Waals surface area contributed by atoms with Crippen molar-refractivity contribution in [1.29, 1.82) is 5.26 Å². The van der Waals surface area contributed by atoms with Crippen LogP contribution in [0, 0.1) is 24.1 Å². The first-order valence-electron chi connectivity index (χ1n) is 5.97. The second-order valence-corrected chi connectivity index (χ2v) is 5.81. The first-order valence-corrected chi connectivity index (χ1v) is 7.23. The van der Waals surface area contributed by atoms with E-state index in [0.29, 0.717) is 6.54 Å². The predicted molar refractivity (Wildman–Crippen MR) is 78.1 cm³/mol. The van der Waals surface area contributed by atoms with Crippen molar-refractivity contribution >= 4 is 22.9 Å². The molecule has 0 aliphatic rings. The number of benzene rings is 1. The summed E-state index contributed by atoms with van der Waals surface area (Å²) in [5.74, 6) is -0.466. The highest BCUT2D eigenvalue weighted by Crippen LogP contribution is 2.30. The normalized spacial score (nSPS) is 12.4. The molecular formula is C14H13ClFN3S. The number of aryl methyl sites for hydroxylation is 1. The van der Waals surface area contributed by atoms with Crippen LogP contribution in [0.25, 0.3) is 0 Å². The van der Waals surface area contributed by atoms with Crippen molar-refractivity contribution < 1.29 is 4.39 Å². The maximum absolute atomic E-state index is 13.9. The van der Waals surface area contributed by atoms with Crippen molar-refractivity contribution in [3.8, 4) is 6.07 Å². The summed E-state index contributed by atoms with van der Waals surface area (Å²) < 4.78 is 13.9. The van der Waals surface area contributed by atoms with Crippen molar-refractivity contribution in [1.82, 2.24) is 9.88 Å². The van der Waals surface area contributed by atoms with Crippen LogP contribution in [0.2, 0.25) is 5.02 Å². The quantitative estimate of drug-likeness (QED) is 0.859. The fourth-order valence-electron chi connectivity index (χ4n) is 1.94. The van der Waals surface area contributed by atoms with Gasteiger partial charge in [0.2, 0.25) is 0 Å². The molecule has 6 heteroatoms. The Labute approximate surface area is 126 Å². The average molecular weight is 310 g/mol.